The average molecular weight is 488 g/mol. The molecule has 0 unspecified atom stereocenters. The van der Waals surface area contributed by atoms with Crippen molar-refractivity contribution in [2.75, 3.05) is 5.32 Å². The summed E-state index contributed by atoms with van der Waals surface area (Å²) in [5, 5.41) is 13.8. The number of hydrogen-bond donors (Lipinski definition) is 2. The highest BCUT2D eigenvalue weighted by Gasteiger charge is 2.53. The molecule has 1 aliphatic carbocycles. The van der Waals surface area contributed by atoms with E-state index in [1.165, 1.54) is 24.3 Å². The number of ether oxygens (including phenoxy) is 2. The van der Waals surface area contributed by atoms with Crippen molar-refractivity contribution >= 4 is 28.5 Å². The Morgan fingerprint density at radius 2 is 1.64 bits per heavy atom. The van der Waals surface area contributed by atoms with Crippen LogP contribution in [-0.2, 0) is 10.2 Å². The van der Waals surface area contributed by atoms with Gasteiger partial charge in [-0.3, -0.25) is 4.79 Å². The highest BCUT2D eigenvalue weighted by atomic mass is 19.3. The van der Waals surface area contributed by atoms with Gasteiger partial charge in [0.05, 0.1) is 16.7 Å². The Bertz CT molecular complexity index is 1550. The molecule has 0 spiro atoms. The third kappa shape index (κ3) is 3.69. The number of anilines is 1. The van der Waals surface area contributed by atoms with Crippen LogP contribution in [-0.4, -0.2) is 28.3 Å². The van der Waals surface area contributed by atoms with E-state index in [9.17, 15) is 23.5 Å². The zero-order valence-corrected chi connectivity index (χ0v) is 18.6. The molecular weight excluding hydrogens is 470 g/mol. The molecule has 180 valence electrons. The van der Waals surface area contributed by atoms with Crippen molar-refractivity contribution < 1.29 is 33.0 Å². The van der Waals surface area contributed by atoms with Crippen molar-refractivity contribution in [3.8, 4) is 22.8 Å². The van der Waals surface area contributed by atoms with Crippen LogP contribution in [0.1, 0.15) is 28.8 Å². The fraction of sp³-hybridized carbons (Fsp3) is 0.148. The highest BCUT2D eigenvalue weighted by molar-refractivity contribution is 6.03. The molecule has 2 N–H and O–H groups in total. The molecule has 4 aromatic rings. The summed E-state index contributed by atoms with van der Waals surface area (Å²) in [6, 6.07) is 20.1. The number of aromatic nitrogens is 1. The first-order chi connectivity index (χ1) is 17.2. The molecule has 9 heteroatoms. The molecule has 1 saturated carbocycles. The fourth-order valence-corrected chi connectivity index (χ4v) is 4.51. The highest BCUT2D eigenvalue weighted by Crippen LogP contribution is 2.52. The lowest BCUT2D eigenvalue weighted by atomic mass is 9.94. The Kier molecular flexibility index (Phi) is 4.72. The Morgan fingerprint density at radius 3 is 2.36 bits per heavy atom. The van der Waals surface area contributed by atoms with Gasteiger partial charge in [0.15, 0.2) is 11.5 Å². The van der Waals surface area contributed by atoms with E-state index in [2.05, 4.69) is 19.8 Å². The number of alkyl halides is 2. The molecule has 3 aromatic carbocycles. The SMILES string of the molecule is O=C(O)c1ccc(-c2nc(NC(=O)C3(c4ccc5c(c4)OC(F)(F)O5)CC3)cc3ccccc23)cc1. The number of pyridine rings is 1. The maximum Gasteiger partial charge on any atom is 0.586 e. The number of carbonyl (C=O) groups excluding carboxylic acids is 1. The predicted molar refractivity (Wildman–Crippen MR) is 126 cm³/mol. The fourth-order valence-electron chi connectivity index (χ4n) is 4.51. The van der Waals surface area contributed by atoms with E-state index in [1.54, 1.807) is 24.3 Å². The monoisotopic (exact) mass is 488 g/mol. The minimum absolute atomic E-state index is 0.0743. The number of carboxylic acids is 1. The van der Waals surface area contributed by atoms with Crippen molar-refractivity contribution in [1.82, 2.24) is 4.98 Å². The summed E-state index contributed by atoms with van der Waals surface area (Å²) in [7, 11) is 0. The predicted octanol–water partition coefficient (Wildman–Crippen LogP) is 5.59. The number of benzene rings is 3. The summed E-state index contributed by atoms with van der Waals surface area (Å²) in [6.45, 7) is 0. The number of rotatable bonds is 5. The van der Waals surface area contributed by atoms with Gasteiger partial charge < -0.3 is 19.9 Å². The summed E-state index contributed by atoms with van der Waals surface area (Å²) in [5.74, 6) is -1.18. The van der Waals surface area contributed by atoms with Gasteiger partial charge in [-0.25, -0.2) is 9.78 Å². The van der Waals surface area contributed by atoms with Crippen LogP contribution >= 0.6 is 0 Å². The van der Waals surface area contributed by atoms with E-state index < -0.39 is 17.7 Å². The Labute approximate surface area is 203 Å². The van der Waals surface area contributed by atoms with Crippen molar-refractivity contribution in [3.63, 3.8) is 0 Å². The van der Waals surface area contributed by atoms with Gasteiger partial charge in [-0.15, -0.1) is 8.78 Å². The molecule has 7 nitrogen and oxygen atoms in total. The van der Waals surface area contributed by atoms with E-state index in [1.807, 2.05) is 24.3 Å². The third-order valence-corrected chi connectivity index (χ3v) is 6.53. The summed E-state index contributed by atoms with van der Waals surface area (Å²) in [4.78, 5) is 29.3. The number of hydrogen-bond acceptors (Lipinski definition) is 5. The van der Waals surface area contributed by atoms with Crippen LogP contribution in [0.5, 0.6) is 11.5 Å². The molecule has 6 rings (SSSR count). The molecule has 1 amide bonds. The summed E-state index contributed by atoms with van der Waals surface area (Å²) < 4.78 is 35.9. The molecule has 2 aliphatic rings. The number of halogens is 2. The molecule has 1 aromatic heterocycles. The van der Waals surface area contributed by atoms with Gasteiger partial charge in [0.2, 0.25) is 5.91 Å². The molecule has 0 bridgehead atoms. The smallest absolute Gasteiger partial charge is 0.478 e. The normalized spacial score (nSPS) is 16.5. The lowest BCUT2D eigenvalue weighted by Crippen LogP contribution is -2.28. The largest absolute Gasteiger partial charge is 0.586 e. The molecular formula is C27H18F2N2O5. The second kappa shape index (κ2) is 7.74. The molecule has 1 aliphatic heterocycles. The number of nitrogens with one attached hydrogen (secondary N) is 1. The number of carboxylic acid groups (broad SMARTS) is 1. The molecule has 0 saturated heterocycles. The topological polar surface area (TPSA) is 97.8 Å². The van der Waals surface area contributed by atoms with Crippen LogP contribution in [0.2, 0.25) is 0 Å². The quantitative estimate of drug-likeness (QED) is 0.380. The van der Waals surface area contributed by atoms with Crippen LogP contribution in [0.4, 0.5) is 14.6 Å². The maximum atomic E-state index is 13.4. The second-order valence-corrected chi connectivity index (χ2v) is 8.82. The van der Waals surface area contributed by atoms with Crippen LogP contribution in [0.25, 0.3) is 22.0 Å². The van der Waals surface area contributed by atoms with Gasteiger partial charge in [0, 0.05) is 10.9 Å². The second-order valence-electron chi connectivity index (χ2n) is 8.82. The summed E-state index contributed by atoms with van der Waals surface area (Å²) in [6.07, 6.45) is -2.63. The van der Waals surface area contributed by atoms with Crippen LogP contribution in [0.15, 0.2) is 72.8 Å². The number of aromatic carboxylic acids is 1. The van der Waals surface area contributed by atoms with Crippen molar-refractivity contribution in [2.24, 2.45) is 0 Å². The minimum atomic E-state index is -3.73. The van der Waals surface area contributed by atoms with E-state index in [0.29, 0.717) is 35.5 Å². The lowest BCUT2D eigenvalue weighted by molar-refractivity contribution is -0.286. The lowest BCUT2D eigenvalue weighted by Gasteiger charge is -2.17. The van der Waals surface area contributed by atoms with Crippen molar-refractivity contribution in [3.05, 3.63) is 83.9 Å². The van der Waals surface area contributed by atoms with Gasteiger partial charge in [-0.1, -0.05) is 42.5 Å². The minimum Gasteiger partial charge on any atom is -0.478 e. The van der Waals surface area contributed by atoms with Gasteiger partial charge in [-0.05, 0) is 54.1 Å². The molecule has 0 radical (unpaired) electrons. The zero-order valence-electron chi connectivity index (χ0n) is 18.6. The molecule has 36 heavy (non-hydrogen) atoms. The molecule has 1 fully saturated rings. The zero-order chi connectivity index (χ0) is 25.1. The number of amides is 1. The Hall–Kier alpha value is -4.53. The van der Waals surface area contributed by atoms with Gasteiger partial charge in [0.25, 0.3) is 0 Å². The van der Waals surface area contributed by atoms with E-state index in [-0.39, 0.29) is 23.0 Å². The van der Waals surface area contributed by atoms with E-state index in [0.717, 1.165) is 10.8 Å². The van der Waals surface area contributed by atoms with Crippen LogP contribution in [0.3, 0.4) is 0 Å². The van der Waals surface area contributed by atoms with Gasteiger partial charge >= 0.3 is 12.3 Å². The van der Waals surface area contributed by atoms with Gasteiger partial charge in [-0.2, -0.15) is 0 Å². The summed E-state index contributed by atoms with van der Waals surface area (Å²) in [5.41, 5.74) is 1.13. The average Bonchev–Trinajstić information content (AvgIpc) is 3.60. The Balaban J connectivity index is 1.33. The first-order valence-corrected chi connectivity index (χ1v) is 11.2. The third-order valence-electron chi connectivity index (χ3n) is 6.53. The van der Waals surface area contributed by atoms with E-state index >= 15 is 0 Å². The number of carbonyl (C=O) groups is 2. The number of nitrogens with zero attached hydrogens (tertiary/aromatic N) is 1. The maximum absolute atomic E-state index is 13.4. The summed E-state index contributed by atoms with van der Waals surface area (Å²) >= 11 is 0. The van der Waals surface area contributed by atoms with Crippen LogP contribution < -0.4 is 14.8 Å². The van der Waals surface area contributed by atoms with E-state index in [4.69, 9.17) is 0 Å². The van der Waals surface area contributed by atoms with Gasteiger partial charge in [0.1, 0.15) is 5.82 Å². The van der Waals surface area contributed by atoms with Crippen molar-refractivity contribution in [2.45, 2.75) is 24.6 Å². The number of fused-ring (bicyclic) bond motifs is 2. The van der Waals surface area contributed by atoms with Crippen molar-refractivity contribution in [1.29, 1.82) is 0 Å². The standard InChI is InChI=1S/C27H18F2N2O5/c28-27(29)35-20-10-9-18(14-21(20)36-27)26(11-12-26)25(34)31-22-13-17-3-1-2-4-19(17)23(30-22)15-5-7-16(8-6-15)24(32)33/h1-10,13-14H,11-12H2,(H,32,33)(H,30,31,34). The van der Waals surface area contributed by atoms with Crippen LogP contribution in [0, 0.1) is 0 Å². The Morgan fingerprint density at radius 1 is 0.917 bits per heavy atom. The molecule has 0 atom stereocenters. The first kappa shape index (κ1) is 22.0. The first-order valence-electron chi connectivity index (χ1n) is 11.2. The molecule has 2 heterocycles.